The monoisotopic (exact) mass is 597 g/mol. The summed E-state index contributed by atoms with van der Waals surface area (Å²) in [6, 6.07) is 7.93. The molecule has 2 aliphatic carbocycles. The highest BCUT2D eigenvalue weighted by Gasteiger charge is 2.27. The van der Waals surface area contributed by atoms with Gasteiger partial charge in [-0.2, -0.15) is 5.10 Å². The molecule has 4 aromatic heterocycles. The summed E-state index contributed by atoms with van der Waals surface area (Å²) in [5.74, 6) is 1.58. The fourth-order valence-corrected chi connectivity index (χ4v) is 7.78. The van der Waals surface area contributed by atoms with E-state index in [1.54, 1.807) is 11.3 Å². The zero-order chi connectivity index (χ0) is 23.8. The van der Waals surface area contributed by atoms with Crippen molar-refractivity contribution in [2.45, 2.75) is 50.9 Å². The van der Waals surface area contributed by atoms with Crippen molar-refractivity contribution in [2.24, 2.45) is 7.05 Å². The third-order valence-electron chi connectivity index (χ3n) is 7.43. The minimum Gasteiger partial charge on any atom is -0.328 e. The molecule has 0 aliphatic heterocycles. The Kier molecular flexibility index (Phi) is 4.89. The SMILES string of the molecule is Cn1c(-n2ccc(C3CC3)n2)c(I)c2cc(-n3c(=O)[nH]c4sc5c(c4c3=O)CCCCC5)ccc21. The van der Waals surface area contributed by atoms with E-state index in [2.05, 4.69) is 38.2 Å². The van der Waals surface area contributed by atoms with E-state index in [1.165, 1.54) is 28.7 Å². The van der Waals surface area contributed by atoms with E-state index in [4.69, 9.17) is 5.10 Å². The lowest BCUT2D eigenvalue weighted by atomic mass is 10.1. The highest BCUT2D eigenvalue weighted by molar-refractivity contribution is 14.1. The number of hydrogen-bond donors (Lipinski definition) is 1. The average Bonchev–Trinajstić information content (AvgIpc) is 3.48. The van der Waals surface area contributed by atoms with Gasteiger partial charge in [-0.1, -0.05) is 6.42 Å². The quantitative estimate of drug-likeness (QED) is 0.231. The van der Waals surface area contributed by atoms with E-state index in [-0.39, 0.29) is 11.2 Å². The van der Waals surface area contributed by atoms with E-state index >= 15 is 0 Å². The van der Waals surface area contributed by atoms with Crippen molar-refractivity contribution >= 4 is 55.0 Å². The Morgan fingerprint density at radius 2 is 1.94 bits per heavy atom. The van der Waals surface area contributed by atoms with E-state index in [0.717, 1.165) is 57.2 Å². The molecule has 7 nitrogen and oxygen atoms in total. The Bertz CT molecular complexity index is 1760. The summed E-state index contributed by atoms with van der Waals surface area (Å²) < 4.78 is 6.42. The Hall–Kier alpha value is -2.66. The van der Waals surface area contributed by atoms with Gasteiger partial charge in [-0.15, -0.1) is 11.3 Å². The number of rotatable bonds is 3. The van der Waals surface area contributed by atoms with Crippen LogP contribution < -0.4 is 11.2 Å². The zero-order valence-electron chi connectivity index (χ0n) is 19.3. The van der Waals surface area contributed by atoms with E-state index in [1.807, 2.05) is 36.1 Å². The summed E-state index contributed by atoms with van der Waals surface area (Å²) in [4.78, 5) is 31.8. The lowest BCUT2D eigenvalue weighted by Crippen LogP contribution is -2.33. The molecule has 9 heteroatoms. The van der Waals surface area contributed by atoms with Crippen LogP contribution in [0, 0.1) is 3.57 Å². The van der Waals surface area contributed by atoms with E-state index in [0.29, 0.717) is 21.8 Å². The molecule has 0 spiro atoms. The van der Waals surface area contributed by atoms with Crippen LogP contribution in [0.2, 0.25) is 0 Å². The number of aromatic amines is 1. The first kappa shape index (κ1) is 21.6. The van der Waals surface area contributed by atoms with Crippen LogP contribution in [0.25, 0.3) is 32.6 Å². The van der Waals surface area contributed by atoms with Crippen molar-refractivity contribution in [1.82, 2.24) is 23.9 Å². The maximum atomic E-state index is 13.7. The normalized spacial score (nSPS) is 16.2. The molecule has 0 saturated heterocycles. The van der Waals surface area contributed by atoms with Crippen molar-refractivity contribution in [2.75, 3.05) is 0 Å². The largest absolute Gasteiger partial charge is 0.334 e. The third-order valence-corrected chi connectivity index (χ3v) is 9.71. The van der Waals surface area contributed by atoms with E-state index in [9.17, 15) is 9.59 Å². The fourth-order valence-electron chi connectivity index (χ4n) is 5.47. The van der Waals surface area contributed by atoms with Gasteiger partial charge in [0.05, 0.1) is 25.9 Å². The molecule has 0 radical (unpaired) electrons. The van der Waals surface area contributed by atoms with Gasteiger partial charge < -0.3 is 4.57 Å². The molecule has 35 heavy (non-hydrogen) atoms. The Labute approximate surface area is 218 Å². The number of halogens is 1. The van der Waals surface area contributed by atoms with Crippen LogP contribution in [-0.4, -0.2) is 23.9 Å². The first-order chi connectivity index (χ1) is 17.0. The van der Waals surface area contributed by atoms with Crippen molar-refractivity contribution in [1.29, 1.82) is 0 Å². The van der Waals surface area contributed by atoms with Crippen molar-refractivity contribution in [3.63, 3.8) is 0 Å². The number of aryl methyl sites for hydroxylation is 3. The van der Waals surface area contributed by atoms with Gasteiger partial charge in [0.15, 0.2) is 0 Å². The number of nitrogens with one attached hydrogen (secondary N) is 1. The lowest BCUT2D eigenvalue weighted by Gasteiger charge is -2.07. The van der Waals surface area contributed by atoms with Gasteiger partial charge in [0.25, 0.3) is 5.56 Å². The molecule has 178 valence electrons. The number of fused-ring (bicyclic) bond motifs is 4. The topological polar surface area (TPSA) is 77.6 Å². The molecule has 0 bridgehead atoms. The fraction of sp³-hybridized carbons (Fsp3) is 0.346. The molecule has 7 rings (SSSR count). The third kappa shape index (κ3) is 3.31. The minimum atomic E-state index is -0.384. The Balaban J connectivity index is 1.41. The number of benzene rings is 1. The highest BCUT2D eigenvalue weighted by Crippen LogP contribution is 2.39. The molecule has 0 amide bonds. The smallest absolute Gasteiger partial charge is 0.328 e. The van der Waals surface area contributed by atoms with Crippen LogP contribution >= 0.6 is 33.9 Å². The van der Waals surface area contributed by atoms with Gasteiger partial charge in [-0.3, -0.25) is 9.78 Å². The Morgan fingerprint density at radius 1 is 1.11 bits per heavy atom. The van der Waals surface area contributed by atoms with E-state index < -0.39 is 0 Å². The van der Waals surface area contributed by atoms with Crippen LogP contribution in [0.4, 0.5) is 0 Å². The highest BCUT2D eigenvalue weighted by atomic mass is 127. The van der Waals surface area contributed by atoms with Crippen molar-refractivity contribution < 1.29 is 0 Å². The van der Waals surface area contributed by atoms with Crippen LogP contribution in [0.1, 0.15) is 54.2 Å². The van der Waals surface area contributed by atoms with Crippen LogP contribution in [0.15, 0.2) is 40.1 Å². The summed E-state index contributed by atoms with van der Waals surface area (Å²) in [5, 5.41) is 6.52. The molecule has 1 aromatic carbocycles. The maximum absolute atomic E-state index is 13.7. The predicted octanol–water partition coefficient (Wildman–Crippen LogP) is 5.17. The molecule has 0 unspecified atom stereocenters. The zero-order valence-corrected chi connectivity index (χ0v) is 22.3. The van der Waals surface area contributed by atoms with Crippen LogP contribution in [-0.2, 0) is 19.9 Å². The molecular formula is C26H24IN5O2S. The number of thiophene rings is 1. The standard InChI is InChI=1S/C26H24IN5O2S/c1-30-19-10-9-15(13-17(19)22(27)24(30)31-12-11-18(29-31)14-7-8-14)32-25(33)21-16-5-3-2-4-6-20(16)35-23(21)28-26(32)34/h9-14H,2-8H2,1H3,(H,28,34). The van der Waals surface area contributed by atoms with Crippen LogP contribution in [0.5, 0.6) is 0 Å². The molecule has 1 fully saturated rings. The van der Waals surface area contributed by atoms with Gasteiger partial charge in [-0.25, -0.2) is 14.0 Å². The molecule has 4 heterocycles. The Morgan fingerprint density at radius 3 is 2.77 bits per heavy atom. The number of aromatic nitrogens is 5. The second-order valence-corrected chi connectivity index (χ2v) is 11.9. The summed E-state index contributed by atoms with van der Waals surface area (Å²) in [6.07, 6.45) is 9.76. The second-order valence-electron chi connectivity index (χ2n) is 9.70. The molecular weight excluding hydrogens is 573 g/mol. The second kappa shape index (κ2) is 7.92. The lowest BCUT2D eigenvalue weighted by molar-refractivity contribution is 0.713. The van der Waals surface area contributed by atoms with Crippen molar-refractivity contribution in [3.05, 3.63) is 71.0 Å². The molecule has 1 saturated carbocycles. The first-order valence-electron chi connectivity index (χ1n) is 12.1. The predicted molar refractivity (Wildman–Crippen MR) is 148 cm³/mol. The van der Waals surface area contributed by atoms with Gasteiger partial charge in [-0.05, 0) is 90.9 Å². The van der Waals surface area contributed by atoms with Gasteiger partial charge in [0.2, 0.25) is 0 Å². The molecule has 0 atom stereocenters. The molecule has 5 aromatic rings. The first-order valence-corrected chi connectivity index (χ1v) is 14.0. The number of nitrogens with zero attached hydrogens (tertiary/aromatic N) is 4. The van der Waals surface area contributed by atoms with Crippen molar-refractivity contribution in [3.8, 4) is 11.5 Å². The summed E-state index contributed by atoms with van der Waals surface area (Å²) in [6.45, 7) is 0. The molecule has 1 N–H and O–H groups in total. The number of hydrogen-bond acceptors (Lipinski definition) is 4. The van der Waals surface area contributed by atoms with Gasteiger partial charge in [0.1, 0.15) is 10.6 Å². The maximum Gasteiger partial charge on any atom is 0.334 e. The van der Waals surface area contributed by atoms with Gasteiger partial charge in [0, 0.05) is 29.4 Å². The number of H-pyrrole nitrogens is 1. The van der Waals surface area contributed by atoms with Crippen LogP contribution in [0.3, 0.4) is 0 Å². The summed E-state index contributed by atoms with van der Waals surface area (Å²) in [5.41, 5.74) is 3.31. The molecule has 2 aliphatic rings. The summed E-state index contributed by atoms with van der Waals surface area (Å²) >= 11 is 3.93. The van der Waals surface area contributed by atoms with Gasteiger partial charge >= 0.3 is 5.69 Å². The minimum absolute atomic E-state index is 0.213. The average molecular weight is 597 g/mol. The summed E-state index contributed by atoms with van der Waals surface area (Å²) in [7, 11) is 2.03.